The van der Waals surface area contributed by atoms with Crippen molar-refractivity contribution in [2.75, 3.05) is 27.2 Å². The van der Waals surface area contributed by atoms with E-state index in [-0.39, 0.29) is 35.9 Å². The molecule has 1 heterocycles. The van der Waals surface area contributed by atoms with E-state index < -0.39 is 0 Å². The molecule has 0 atom stereocenters. The number of methoxy groups -OCH3 is 1. The molecule has 0 saturated carbocycles. The minimum atomic E-state index is -0.114. The molecule has 162 valence electrons. The topological polar surface area (TPSA) is 63.2 Å². The standard InChI is InChI=1S/C23H29N3O3.HI/c1-24-23(26-14-12-19(13-15-26)22(27)28-2)25-16-20-10-6-7-11-21(20)29-17-18-8-4-3-5-9-18;/h3-11,19H,12-17H2,1-2H3,(H,24,25);1H. The molecule has 0 radical (unpaired) electrons. The molecule has 1 aliphatic heterocycles. The van der Waals surface area contributed by atoms with Crippen LogP contribution in [0, 0.1) is 5.92 Å². The van der Waals surface area contributed by atoms with Gasteiger partial charge in [0, 0.05) is 32.2 Å². The summed E-state index contributed by atoms with van der Waals surface area (Å²) < 4.78 is 10.9. The molecule has 2 aromatic carbocycles. The number of rotatable bonds is 6. The third-order valence-corrected chi connectivity index (χ3v) is 5.19. The summed E-state index contributed by atoms with van der Waals surface area (Å²) in [6.45, 7) is 2.72. The van der Waals surface area contributed by atoms with Crippen LogP contribution in [0.3, 0.4) is 0 Å². The van der Waals surface area contributed by atoms with Gasteiger partial charge in [0.2, 0.25) is 0 Å². The number of nitrogens with zero attached hydrogens (tertiary/aromatic N) is 2. The number of aliphatic imine (C=N–C) groups is 1. The fourth-order valence-electron chi connectivity index (χ4n) is 3.53. The van der Waals surface area contributed by atoms with Crippen molar-refractivity contribution in [3.8, 4) is 5.75 Å². The van der Waals surface area contributed by atoms with Gasteiger partial charge < -0.3 is 19.7 Å². The van der Waals surface area contributed by atoms with Crippen molar-refractivity contribution < 1.29 is 14.3 Å². The van der Waals surface area contributed by atoms with Crippen molar-refractivity contribution in [1.82, 2.24) is 10.2 Å². The first-order valence-electron chi connectivity index (χ1n) is 9.99. The molecule has 2 aromatic rings. The maximum absolute atomic E-state index is 11.7. The molecule has 1 saturated heterocycles. The van der Waals surface area contributed by atoms with E-state index in [1.165, 1.54) is 7.11 Å². The van der Waals surface area contributed by atoms with Gasteiger partial charge in [0.1, 0.15) is 12.4 Å². The van der Waals surface area contributed by atoms with Crippen LogP contribution in [-0.4, -0.2) is 44.1 Å². The number of carbonyl (C=O) groups excluding carboxylic acids is 1. The summed E-state index contributed by atoms with van der Waals surface area (Å²) in [4.78, 5) is 18.3. The average Bonchev–Trinajstić information content (AvgIpc) is 2.79. The normalized spacial score (nSPS) is 14.6. The van der Waals surface area contributed by atoms with Gasteiger partial charge in [-0.1, -0.05) is 48.5 Å². The third-order valence-electron chi connectivity index (χ3n) is 5.19. The van der Waals surface area contributed by atoms with Gasteiger partial charge in [-0.2, -0.15) is 0 Å². The fourth-order valence-corrected chi connectivity index (χ4v) is 3.53. The van der Waals surface area contributed by atoms with Gasteiger partial charge in [0.15, 0.2) is 5.96 Å². The second-order valence-electron chi connectivity index (χ2n) is 7.07. The highest BCUT2D eigenvalue weighted by Crippen LogP contribution is 2.21. The second-order valence-corrected chi connectivity index (χ2v) is 7.07. The average molecular weight is 523 g/mol. The molecule has 1 N–H and O–H groups in total. The molecule has 0 bridgehead atoms. The van der Waals surface area contributed by atoms with Gasteiger partial charge in [-0.05, 0) is 24.5 Å². The fraction of sp³-hybridized carbons (Fsp3) is 0.391. The van der Waals surface area contributed by atoms with Crippen molar-refractivity contribution in [3.05, 3.63) is 65.7 Å². The lowest BCUT2D eigenvalue weighted by atomic mass is 9.97. The van der Waals surface area contributed by atoms with E-state index in [9.17, 15) is 4.79 Å². The Labute approximate surface area is 195 Å². The number of para-hydroxylation sites is 1. The maximum Gasteiger partial charge on any atom is 0.308 e. The highest BCUT2D eigenvalue weighted by molar-refractivity contribution is 14.0. The summed E-state index contributed by atoms with van der Waals surface area (Å²) in [5.41, 5.74) is 2.22. The van der Waals surface area contributed by atoms with Gasteiger partial charge in [0.25, 0.3) is 0 Å². The number of halogens is 1. The molecule has 0 unspecified atom stereocenters. The number of ether oxygens (including phenoxy) is 2. The minimum Gasteiger partial charge on any atom is -0.489 e. The summed E-state index contributed by atoms with van der Waals surface area (Å²) in [6, 6.07) is 18.2. The van der Waals surface area contributed by atoms with Crippen LogP contribution in [0.5, 0.6) is 5.75 Å². The van der Waals surface area contributed by atoms with Crippen LogP contribution < -0.4 is 10.1 Å². The molecule has 6 nitrogen and oxygen atoms in total. The number of hydrogen-bond acceptors (Lipinski definition) is 4. The Morgan fingerprint density at radius 1 is 1.10 bits per heavy atom. The first-order chi connectivity index (χ1) is 14.2. The largest absolute Gasteiger partial charge is 0.489 e. The molecule has 7 heteroatoms. The zero-order valence-corrected chi connectivity index (χ0v) is 19.9. The van der Waals surface area contributed by atoms with Crippen LogP contribution >= 0.6 is 24.0 Å². The first-order valence-corrected chi connectivity index (χ1v) is 9.99. The molecule has 30 heavy (non-hydrogen) atoms. The Morgan fingerprint density at radius 2 is 1.77 bits per heavy atom. The van der Waals surface area contributed by atoms with Crippen molar-refractivity contribution in [2.24, 2.45) is 10.9 Å². The van der Waals surface area contributed by atoms with E-state index in [0.717, 1.165) is 48.8 Å². The van der Waals surface area contributed by atoms with Gasteiger partial charge in [0.05, 0.1) is 13.0 Å². The highest BCUT2D eigenvalue weighted by atomic mass is 127. The number of benzene rings is 2. The molecule has 0 aliphatic carbocycles. The summed E-state index contributed by atoms with van der Waals surface area (Å²) in [5.74, 6) is 1.58. The quantitative estimate of drug-likeness (QED) is 0.270. The van der Waals surface area contributed by atoms with Crippen LogP contribution in [0.1, 0.15) is 24.0 Å². The summed E-state index contributed by atoms with van der Waals surface area (Å²) in [7, 11) is 3.24. The van der Waals surface area contributed by atoms with E-state index in [2.05, 4.69) is 33.4 Å². The van der Waals surface area contributed by atoms with Gasteiger partial charge in [-0.15, -0.1) is 24.0 Å². The highest BCUT2D eigenvalue weighted by Gasteiger charge is 2.26. The Morgan fingerprint density at radius 3 is 2.43 bits per heavy atom. The Kier molecular flexibility index (Phi) is 9.93. The Hall–Kier alpha value is -2.29. The predicted octanol–water partition coefficient (Wildman–Crippen LogP) is 3.84. The van der Waals surface area contributed by atoms with E-state index in [0.29, 0.717) is 13.2 Å². The number of carbonyl (C=O) groups is 1. The molecule has 1 aliphatic rings. The van der Waals surface area contributed by atoms with Crippen LogP contribution in [0.2, 0.25) is 0 Å². The number of hydrogen-bond donors (Lipinski definition) is 1. The van der Waals surface area contributed by atoms with Gasteiger partial charge >= 0.3 is 5.97 Å². The predicted molar refractivity (Wildman–Crippen MR) is 129 cm³/mol. The van der Waals surface area contributed by atoms with Gasteiger partial charge in [-0.3, -0.25) is 9.79 Å². The maximum atomic E-state index is 11.7. The van der Waals surface area contributed by atoms with Gasteiger partial charge in [-0.25, -0.2) is 0 Å². The van der Waals surface area contributed by atoms with E-state index in [4.69, 9.17) is 9.47 Å². The molecular weight excluding hydrogens is 493 g/mol. The molecule has 1 fully saturated rings. The smallest absolute Gasteiger partial charge is 0.308 e. The first kappa shape index (κ1) is 24.0. The van der Waals surface area contributed by atoms with Crippen molar-refractivity contribution in [2.45, 2.75) is 26.0 Å². The molecule has 0 spiro atoms. The van der Waals surface area contributed by atoms with Crippen molar-refractivity contribution >= 4 is 35.9 Å². The number of likely N-dealkylation sites (tertiary alicyclic amines) is 1. The molecule has 0 amide bonds. The Balaban J connectivity index is 0.00000320. The number of piperidine rings is 1. The summed E-state index contributed by atoms with van der Waals surface area (Å²) >= 11 is 0. The summed E-state index contributed by atoms with van der Waals surface area (Å²) in [5, 5.41) is 3.43. The lowest BCUT2D eigenvalue weighted by molar-refractivity contribution is -0.146. The van der Waals surface area contributed by atoms with Crippen LogP contribution in [0.15, 0.2) is 59.6 Å². The van der Waals surface area contributed by atoms with Crippen molar-refractivity contribution in [1.29, 1.82) is 0 Å². The van der Waals surface area contributed by atoms with Crippen LogP contribution in [-0.2, 0) is 22.7 Å². The van der Waals surface area contributed by atoms with Crippen LogP contribution in [0.4, 0.5) is 0 Å². The third kappa shape index (κ3) is 6.62. The lowest BCUT2D eigenvalue weighted by Crippen LogP contribution is -2.46. The monoisotopic (exact) mass is 523 g/mol. The van der Waals surface area contributed by atoms with E-state index in [1.54, 1.807) is 7.05 Å². The zero-order chi connectivity index (χ0) is 20.5. The minimum absolute atomic E-state index is 0. The molecule has 0 aromatic heterocycles. The SMILES string of the molecule is CN=C(NCc1ccccc1OCc1ccccc1)N1CCC(C(=O)OC)CC1.I. The number of nitrogens with one attached hydrogen (secondary N) is 1. The number of esters is 1. The second kappa shape index (κ2) is 12.4. The Bertz CT molecular complexity index is 821. The molecule has 3 rings (SSSR count). The zero-order valence-electron chi connectivity index (χ0n) is 17.5. The number of guanidine groups is 1. The van der Waals surface area contributed by atoms with E-state index in [1.807, 2.05) is 36.4 Å². The summed E-state index contributed by atoms with van der Waals surface area (Å²) in [6.07, 6.45) is 1.56. The van der Waals surface area contributed by atoms with Crippen LogP contribution in [0.25, 0.3) is 0 Å². The molecular formula is C23H30IN3O3. The lowest BCUT2D eigenvalue weighted by Gasteiger charge is -2.33. The van der Waals surface area contributed by atoms with E-state index >= 15 is 0 Å². The van der Waals surface area contributed by atoms with Crippen molar-refractivity contribution in [3.63, 3.8) is 0 Å².